The molecule has 0 saturated carbocycles. The molecule has 9 heteroatoms. The molecule has 0 spiro atoms. The van der Waals surface area contributed by atoms with E-state index < -0.39 is 5.97 Å². The lowest BCUT2D eigenvalue weighted by Crippen LogP contribution is -2.14. The molecule has 0 radical (unpaired) electrons. The molecule has 3 heterocycles. The molecular formula is C23H16ClFN2O5. The molecule has 0 saturated heterocycles. The van der Waals surface area contributed by atoms with Crippen molar-refractivity contribution >= 4 is 28.7 Å². The Hall–Kier alpha value is -3.49. The van der Waals surface area contributed by atoms with Crippen LogP contribution in [-0.4, -0.2) is 22.9 Å². The number of esters is 1. The minimum absolute atomic E-state index is 0.0538. The van der Waals surface area contributed by atoms with E-state index in [1.807, 2.05) is 0 Å². The number of aryl methyl sites for hydroxylation is 1. The van der Waals surface area contributed by atoms with Gasteiger partial charge in [0.15, 0.2) is 6.79 Å². The van der Waals surface area contributed by atoms with Gasteiger partial charge in [-0.2, -0.15) is 0 Å². The van der Waals surface area contributed by atoms with Crippen LogP contribution in [0.5, 0.6) is 5.75 Å². The van der Waals surface area contributed by atoms with Crippen LogP contribution in [0.3, 0.4) is 0 Å². The fourth-order valence-corrected chi connectivity index (χ4v) is 3.87. The second-order valence-electron chi connectivity index (χ2n) is 7.25. The van der Waals surface area contributed by atoms with E-state index in [2.05, 4.69) is 10.1 Å². The summed E-state index contributed by atoms with van der Waals surface area (Å²) in [5, 5.41) is 4.87. The Bertz CT molecular complexity index is 1340. The normalized spacial score (nSPS) is 13.0. The van der Waals surface area contributed by atoms with Crippen LogP contribution in [0.2, 0.25) is 5.02 Å². The molecule has 1 aliphatic heterocycles. The second-order valence-corrected chi connectivity index (χ2v) is 7.69. The largest absolute Gasteiger partial charge is 0.467 e. The number of hydrogen-bond acceptors (Lipinski definition) is 7. The van der Waals surface area contributed by atoms with Gasteiger partial charge in [0, 0.05) is 21.7 Å². The van der Waals surface area contributed by atoms with Crippen LogP contribution in [0.4, 0.5) is 4.39 Å². The molecule has 0 unspecified atom stereocenters. The maximum absolute atomic E-state index is 13.3. The van der Waals surface area contributed by atoms with Gasteiger partial charge in [-0.05, 0) is 49.4 Å². The summed E-state index contributed by atoms with van der Waals surface area (Å²) in [6, 6.07) is 10.8. The van der Waals surface area contributed by atoms with Crippen molar-refractivity contribution in [3.05, 3.63) is 75.7 Å². The average molecular weight is 455 g/mol. The Labute approximate surface area is 186 Å². The number of rotatable bonds is 4. The van der Waals surface area contributed by atoms with Gasteiger partial charge in [-0.3, -0.25) is 0 Å². The van der Waals surface area contributed by atoms with Crippen molar-refractivity contribution in [1.82, 2.24) is 10.1 Å². The van der Waals surface area contributed by atoms with Gasteiger partial charge < -0.3 is 18.7 Å². The van der Waals surface area contributed by atoms with E-state index in [0.29, 0.717) is 45.3 Å². The van der Waals surface area contributed by atoms with Gasteiger partial charge in [-0.25, -0.2) is 14.2 Å². The van der Waals surface area contributed by atoms with Gasteiger partial charge >= 0.3 is 5.97 Å². The molecule has 0 atom stereocenters. The fraction of sp³-hybridized carbons (Fsp3) is 0.174. The van der Waals surface area contributed by atoms with E-state index in [1.165, 1.54) is 12.1 Å². The summed E-state index contributed by atoms with van der Waals surface area (Å²) in [6.07, 6.45) is 0. The lowest BCUT2D eigenvalue weighted by Gasteiger charge is -2.21. The number of benzene rings is 2. The Kier molecular flexibility index (Phi) is 5.24. The summed E-state index contributed by atoms with van der Waals surface area (Å²) >= 11 is 6.19. The van der Waals surface area contributed by atoms with Crippen LogP contribution in [0.1, 0.15) is 27.2 Å². The van der Waals surface area contributed by atoms with E-state index in [4.69, 9.17) is 30.3 Å². The van der Waals surface area contributed by atoms with Gasteiger partial charge in [0.1, 0.15) is 18.2 Å². The number of halogens is 2. The third-order valence-corrected chi connectivity index (χ3v) is 5.31. The number of hydrogen-bond donors (Lipinski definition) is 0. The highest BCUT2D eigenvalue weighted by Gasteiger charge is 2.22. The van der Waals surface area contributed by atoms with Crippen molar-refractivity contribution < 1.29 is 27.9 Å². The quantitative estimate of drug-likeness (QED) is 0.391. The first-order chi connectivity index (χ1) is 15.5. The number of nitrogens with zero attached hydrogens (tertiary/aromatic N) is 2. The number of pyridine rings is 1. The Morgan fingerprint density at radius 1 is 1.22 bits per heavy atom. The first-order valence-corrected chi connectivity index (χ1v) is 10.1. The molecule has 1 aliphatic rings. The summed E-state index contributed by atoms with van der Waals surface area (Å²) in [6.45, 7) is 2.13. The third kappa shape index (κ3) is 3.79. The smallest absolute Gasteiger partial charge is 0.339 e. The zero-order chi connectivity index (χ0) is 22.2. The van der Waals surface area contributed by atoms with Gasteiger partial charge in [0.05, 0.1) is 28.9 Å². The van der Waals surface area contributed by atoms with E-state index in [1.54, 1.807) is 37.3 Å². The monoisotopic (exact) mass is 454 g/mol. The van der Waals surface area contributed by atoms with Crippen LogP contribution < -0.4 is 4.74 Å². The SMILES string of the molecule is Cc1noc2nc(-c3ccc(F)cc3)cc(C(=O)OCc3cc(Cl)cc4c3OCOC4)c12. The Balaban J connectivity index is 1.49. The molecule has 0 aliphatic carbocycles. The molecule has 0 amide bonds. The molecule has 0 N–H and O–H groups in total. The van der Waals surface area contributed by atoms with Crippen molar-refractivity contribution in [2.45, 2.75) is 20.1 Å². The highest BCUT2D eigenvalue weighted by molar-refractivity contribution is 6.30. The molecule has 2 aromatic carbocycles. The van der Waals surface area contributed by atoms with E-state index in [0.717, 1.165) is 5.56 Å². The van der Waals surface area contributed by atoms with Crippen molar-refractivity contribution in [1.29, 1.82) is 0 Å². The molecular weight excluding hydrogens is 439 g/mol. The van der Waals surface area contributed by atoms with Crippen LogP contribution in [0.15, 0.2) is 47.0 Å². The van der Waals surface area contributed by atoms with E-state index in [-0.39, 0.29) is 30.5 Å². The van der Waals surface area contributed by atoms with Crippen LogP contribution in [0, 0.1) is 12.7 Å². The van der Waals surface area contributed by atoms with Crippen molar-refractivity contribution in [2.75, 3.05) is 6.79 Å². The summed E-state index contributed by atoms with van der Waals surface area (Å²) in [7, 11) is 0. The van der Waals surface area contributed by atoms with Gasteiger partial charge in [-0.15, -0.1) is 0 Å². The molecule has 5 rings (SSSR count). The number of aromatic nitrogens is 2. The Morgan fingerprint density at radius 3 is 2.84 bits per heavy atom. The molecule has 4 aromatic rings. The highest BCUT2D eigenvalue weighted by atomic mass is 35.5. The number of ether oxygens (including phenoxy) is 3. The zero-order valence-electron chi connectivity index (χ0n) is 16.9. The lowest BCUT2D eigenvalue weighted by atomic mass is 10.1. The third-order valence-electron chi connectivity index (χ3n) is 5.09. The molecule has 2 aromatic heterocycles. The van der Waals surface area contributed by atoms with E-state index in [9.17, 15) is 9.18 Å². The van der Waals surface area contributed by atoms with Crippen molar-refractivity contribution in [2.24, 2.45) is 0 Å². The standard InChI is InChI=1S/C23H16ClFN2O5/c1-12-20-18(8-19(26-22(20)32-27-12)13-2-4-17(25)5-3-13)23(28)30-10-15-7-16(24)6-14-9-29-11-31-21(14)15/h2-8H,9-11H2,1H3. The summed E-state index contributed by atoms with van der Waals surface area (Å²) in [5.74, 6) is -0.364. The lowest BCUT2D eigenvalue weighted by molar-refractivity contribution is -0.0180. The van der Waals surface area contributed by atoms with Crippen LogP contribution in [0.25, 0.3) is 22.4 Å². The summed E-state index contributed by atoms with van der Waals surface area (Å²) in [4.78, 5) is 17.5. The van der Waals surface area contributed by atoms with Crippen LogP contribution >= 0.6 is 11.6 Å². The fourth-order valence-electron chi connectivity index (χ4n) is 3.61. The number of carbonyl (C=O) groups excluding carboxylic acids is 1. The summed E-state index contributed by atoms with van der Waals surface area (Å²) < 4.78 is 35.1. The average Bonchev–Trinajstić information content (AvgIpc) is 3.17. The van der Waals surface area contributed by atoms with Gasteiger partial charge in [-0.1, -0.05) is 16.8 Å². The zero-order valence-corrected chi connectivity index (χ0v) is 17.6. The molecule has 7 nitrogen and oxygen atoms in total. The second kappa shape index (κ2) is 8.22. The predicted octanol–water partition coefficient (Wildman–Crippen LogP) is 5.21. The minimum Gasteiger partial charge on any atom is -0.467 e. The molecule has 32 heavy (non-hydrogen) atoms. The maximum Gasteiger partial charge on any atom is 0.339 e. The first-order valence-electron chi connectivity index (χ1n) is 9.71. The van der Waals surface area contributed by atoms with Crippen molar-refractivity contribution in [3.63, 3.8) is 0 Å². The van der Waals surface area contributed by atoms with Gasteiger partial charge in [0.25, 0.3) is 5.71 Å². The Morgan fingerprint density at radius 2 is 2.03 bits per heavy atom. The first kappa shape index (κ1) is 20.4. The van der Waals surface area contributed by atoms with Crippen molar-refractivity contribution in [3.8, 4) is 17.0 Å². The highest BCUT2D eigenvalue weighted by Crippen LogP contribution is 2.33. The molecule has 162 valence electrons. The predicted molar refractivity (Wildman–Crippen MR) is 113 cm³/mol. The van der Waals surface area contributed by atoms with Gasteiger partial charge in [0.2, 0.25) is 0 Å². The molecule has 0 bridgehead atoms. The molecule has 0 fully saturated rings. The maximum atomic E-state index is 13.3. The minimum atomic E-state index is -0.590. The number of carbonyl (C=O) groups is 1. The summed E-state index contributed by atoms with van der Waals surface area (Å²) in [5.41, 5.74) is 3.41. The van der Waals surface area contributed by atoms with E-state index >= 15 is 0 Å². The topological polar surface area (TPSA) is 83.7 Å². The number of fused-ring (bicyclic) bond motifs is 2. The van der Waals surface area contributed by atoms with Crippen LogP contribution in [-0.2, 0) is 22.7 Å².